The summed E-state index contributed by atoms with van der Waals surface area (Å²) in [4.78, 5) is 17.4. The Labute approximate surface area is 156 Å². The van der Waals surface area contributed by atoms with Crippen LogP contribution in [0, 0.1) is 6.92 Å². The van der Waals surface area contributed by atoms with Gasteiger partial charge in [0, 0.05) is 22.5 Å². The molecule has 128 valence electrons. The summed E-state index contributed by atoms with van der Waals surface area (Å²) in [6.07, 6.45) is 4.81. The minimum Gasteiger partial charge on any atom is -0.320 e. The van der Waals surface area contributed by atoms with Gasteiger partial charge in [-0.05, 0) is 49.4 Å². The lowest BCUT2D eigenvalue weighted by Gasteiger charge is -2.14. The van der Waals surface area contributed by atoms with E-state index in [9.17, 15) is 4.79 Å². The number of carbonyl (C=O) groups is 1. The van der Waals surface area contributed by atoms with Crippen LogP contribution in [0.25, 0.3) is 10.9 Å². The largest absolute Gasteiger partial charge is 0.320 e. The molecule has 1 heterocycles. The molecule has 1 amide bonds. The molecule has 0 bridgehead atoms. The Morgan fingerprint density at radius 1 is 1.08 bits per heavy atom. The number of para-hydroxylation sites is 1. The van der Waals surface area contributed by atoms with Crippen molar-refractivity contribution in [1.29, 1.82) is 0 Å². The van der Waals surface area contributed by atoms with Crippen LogP contribution in [0.5, 0.6) is 0 Å². The Morgan fingerprint density at radius 2 is 1.88 bits per heavy atom. The highest BCUT2D eigenvalue weighted by Crippen LogP contribution is 2.23. The van der Waals surface area contributed by atoms with Crippen LogP contribution in [0.2, 0.25) is 0 Å². The summed E-state index contributed by atoms with van der Waals surface area (Å²) in [5.74, 6) is -0.0647. The van der Waals surface area contributed by atoms with E-state index in [1.54, 1.807) is 6.20 Å². The Balaban J connectivity index is 1.90. The number of aromatic nitrogens is 1. The monoisotopic (exact) mass is 396 g/mol. The van der Waals surface area contributed by atoms with E-state index in [0.717, 1.165) is 57.9 Å². The van der Waals surface area contributed by atoms with Gasteiger partial charge in [0.1, 0.15) is 0 Å². The molecular formula is C21H21BrN2O. The number of nitrogens with one attached hydrogen (secondary N) is 1. The Hall–Kier alpha value is -2.20. The number of alkyl halides is 1. The number of pyridine rings is 1. The third kappa shape index (κ3) is 4.07. The third-order valence-corrected chi connectivity index (χ3v) is 4.86. The highest BCUT2D eigenvalue weighted by molar-refractivity contribution is 9.09. The smallest absolute Gasteiger partial charge is 0.256 e. The molecule has 0 fully saturated rings. The molecule has 3 rings (SSSR count). The first-order chi connectivity index (χ1) is 12.2. The molecule has 3 nitrogen and oxygen atoms in total. The van der Waals surface area contributed by atoms with E-state index in [1.165, 1.54) is 0 Å². The van der Waals surface area contributed by atoms with Crippen molar-refractivity contribution in [2.75, 3.05) is 10.6 Å². The zero-order chi connectivity index (χ0) is 17.6. The van der Waals surface area contributed by atoms with E-state index < -0.39 is 0 Å². The van der Waals surface area contributed by atoms with Crippen LogP contribution >= 0.6 is 15.9 Å². The van der Waals surface area contributed by atoms with Gasteiger partial charge in [0.15, 0.2) is 0 Å². The first-order valence-corrected chi connectivity index (χ1v) is 9.62. The lowest BCUT2D eigenvalue weighted by molar-refractivity contribution is 0.102. The number of hydrogen-bond acceptors (Lipinski definition) is 2. The molecule has 0 unspecified atom stereocenters. The number of unbranched alkanes of at least 4 members (excludes halogenated alkanes) is 1. The fourth-order valence-electron chi connectivity index (χ4n) is 3.06. The standard InChI is InChI=1S/C21H21BrN2O/c1-15-7-4-9-16(8-2-3-13-22)19(15)21(25)24-18-12-5-10-17-11-6-14-23-20(17)18/h4-7,9-12,14H,2-3,8,13H2,1H3,(H,24,25). The average Bonchev–Trinajstić information content (AvgIpc) is 2.62. The van der Waals surface area contributed by atoms with Crippen molar-refractivity contribution in [2.24, 2.45) is 0 Å². The Bertz CT molecular complexity index is 887. The lowest BCUT2D eigenvalue weighted by Crippen LogP contribution is -2.16. The van der Waals surface area contributed by atoms with Crippen LogP contribution in [-0.4, -0.2) is 16.2 Å². The van der Waals surface area contributed by atoms with Gasteiger partial charge in [-0.25, -0.2) is 0 Å². The van der Waals surface area contributed by atoms with Crippen molar-refractivity contribution in [3.8, 4) is 0 Å². The van der Waals surface area contributed by atoms with Crippen molar-refractivity contribution in [2.45, 2.75) is 26.2 Å². The molecule has 0 atom stereocenters. The molecule has 0 saturated heterocycles. The van der Waals surface area contributed by atoms with Crippen LogP contribution in [0.1, 0.15) is 34.3 Å². The maximum Gasteiger partial charge on any atom is 0.256 e. The van der Waals surface area contributed by atoms with Gasteiger partial charge >= 0.3 is 0 Å². The maximum atomic E-state index is 13.0. The molecule has 1 N–H and O–H groups in total. The number of fused-ring (bicyclic) bond motifs is 1. The molecule has 0 aliphatic heterocycles. The van der Waals surface area contributed by atoms with Gasteiger partial charge in [-0.15, -0.1) is 0 Å². The molecule has 0 spiro atoms. The predicted molar refractivity (Wildman–Crippen MR) is 108 cm³/mol. The van der Waals surface area contributed by atoms with Gasteiger partial charge in [-0.3, -0.25) is 9.78 Å². The Kier molecular flexibility index (Phi) is 5.82. The maximum absolute atomic E-state index is 13.0. The topological polar surface area (TPSA) is 42.0 Å². The van der Waals surface area contributed by atoms with E-state index >= 15 is 0 Å². The highest BCUT2D eigenvalue weighted by Gasteiger charge is 2.15. The van der Waals surface area contributed by atoms with Gasteiger partial charge in [0.05, 0.1) is 11.2 Å². The van der Waals surface area contributed by atoms with Gasteiger partial charge in [0.25, 0.3) is 5.91 Å². The summed E-state index contributed by atoms with van der Waals surface area (Å²) in [6, 6.07) is 15.8. The summed E-state index contributed by atoms with van der Waals surface area (Å²) in [7, 11) is 0. The average molecular weight is 397 g/mol. The van der Waals surface area contributed by atoms with Crippen LogP contribution in [0.3, 0.4) is 0 Å². The van der Waals surface area contributed by atoms with Crippen LogP contribution < -0.4 is 5.32 Å². The number of aryl methyl sites for hydroxylation is 2. The van der Waals surface area contributed by atoms with Crippen LogP contribution in [-0.2, 0) is 6.42 Å². The summed E-state index contributed by atoms with van der Waals surface area (Å²) < 4.78 is 0. The molecule has 2 aromatic carbocycles. The highest BCUT2D eigenvalue weighted by atomic mass is 79.9. The summed E-state index contributed by atoms with van der Waals surface area (Å²) in [6.45, 7) is 1.99. The second kappa shape index (κ2) is 8.26. The van der Waals surface area contributed by atoms with Gasteiger partial charge in [-0.1, -0.05) is 52.3 Å². The van der Waals surface area contributed by atoms with E-state index in [-0.39, 0.29) is 5.91 Å². The minimum absolute atomic E-state index is 0.0647. The predicted octanol–water partition coefficient (Wildman–Crippen LogP) is 5.51. The number of anilines is 1. The second-order valence-corrected chi connectivity index (χ2v) is 6.88. The minimum atomic E-state index is -0.0647. The zero-order valence-electron chi connectivity index (χ0n) is 14.3. The molecule has 3 aromatic rings. The van der Waals surface area contributed by atoms with Crippen LogP contribution in [0.4, 0.5) is 5.69 Å². The SMILES string of the molecule is Cc1cccc(CCCCBr)c1C(=O)Nc1cccc2cccnc12. The molecule has 0 aliphatic carbocycles. The van der Waals surface area contributed by atoms with Crippen molar-refractivity contribution in [1.82, 2.24) is 4.98 Å². The van der Waals surface area contributed by atoms with Crippen molar-refractivity contribution in [3.05, 3.63) is 71.4 Å². The molecular weight excluding hydrogens is 376 g/mol. The van der Waals surface area contributed by atoms with Gasteiger partial charge in [0.2, 0.25) is 0 Å². The Morgan fingerprint density at radius 3 is 2.72 bits per heavy atom. The number of hydrogen-bond donors (Lipinski definition) is 1. The number of amides is 1. The first kappa shape index (κ1) is 17.6. The molecule has 4 heteroatoms. The number of halogens is 1. The zero-order valence-corrected chi connectivity index (χ0v) is 15.8. The van der Waals surface area contributed by atoms with Crippen molar-refractivity contribution in [3.63, 3.8) is 0 Å². The summed E-state index contributed by atoms with van der Waals surface area (Å²) in [5.41, 5.74) is 4.45. The quantitative estimate of drug-likeness (QED) is 0.440. The number of benzene rings is 2. The number of rotatable bonds is 6. The van der Waals surface area contributed by atoms with Gasteiger partial charge < -0.3 is 5.32 Å². The van der Waals surface area contributed by atoms with E-state index in [2.05, 4.69) is 32.3 Å². The van der Waals surface area contributed by atoms with Gasteiger partial charge in [-0.2, -0.15) is 0 Å². The van der Waals surface area contributed by atoms with Crippen LogP contribution in [0.15, 0.2) is 54.7 Å². The van der Waals surface area contributed by atoms with E-state index in [4.69, 9.17) is 0 Å². The van der Waals surface area contributed by atoms with E-state index in [1.807, 2.05) is 49.4 Å². The van der Waals surface area contributed by atoms with Crippen molar-refractivity contribution < 1.29 is 4.79 Å². The van der Waals surface area contributed by atoms with E-state index in [0.29, 0.717) is 0 Å². The first-order valence-electron chi connectivity index (χ1n) is 8.50. The lowest BCUT2D eigenvalue weighted by atomic mass is 9.97. The molecule has 0 radical (unpaired) electrons. The fraction of sp³-hybridized carbons (Fsp3) is 0.238. The molecule has 0 aliphatic rings. The summed E-state index contributed by atoms with van der Waals surface area (Å²) >= 11 is 3.47. The van der Waals surface area contributed by atoms with Crippen molar-refractivity contribution >= 4 is 38.4 Å². The molecule has 0 saturated carbocycles. The summed E-state index contributed by atoms with van der Waals surface area (Å²) in [5, 5.41) is 5.07. The molecule has 25 heavy (non-hydrogen) atoms. The number of carbonyl (C=O) groups excluding carboxylic acids is 1. The number of nitrogens with zero attached hydrogens (tertiary/aromatic N) is 1. The second-order valence-electron chi connectivity index (χ2n) is 6.09. The molecule has 1 aromatic heterocycles. The normalized spacial score (nSPS) is 10.8. The fourth-order valence-corrected chi connectivity index (χ4v) is 3.46. The third-order valence-electron chi connectivity index (χ3n) is 4.30.